The molecule has 2 aromatic rings. The molecule has 4 heteroatoms. The van der Waals surface area contributed by atoms with Crippen LogP contribution < -0.4 is 5.32 Å². The normalized spacial score (nSPS) is 12.4. The van der Waals surface area contributed by atoms with Crippen molar-refractivity contribution in [2.75, 3.05) is 7.05 Å². The second kappa shape index (κ2) is 6.57. The summed E-state index contributed by atoms with van der Waals surface area (Å²) >= 11 is 12.1. The molecule has 0 aliphatic carbocycles. The highest BCUT2D eigenvalue weighted by Crippen LogP contribution is 2.27. The molecular formula is C16H16Cl2FN. The van der Waals surface area contributed by atoms with Gasteiger partial charge in [-0.15, -0.1) is 0 Å². The van der Waals surface area contributed by atoms with Crippen molar-refractivity contribution in [3.63, 3.8) is 0 Å². The molecule has 106 valence electrons. The summed E-state index contributed by atoms with van der Waals surface area (Å²) in [5.41, 5.74) is 2.67. The fraction of sp³-hybridized carbons (Fsp3) is 0.250. The average Bonchev–Trinajstić information content (AvgIpc) is 2.43. The summed E-state index contributed by atoms with van der Waals surface area (Å²) in [6, 6.07) is 10.4. The van der Waals surface area contributed by atoms with Gasteiger partial charge in [-0.05, 0) is 61.3 Å². The summed E-state index contributed by atoms with van der Waals surface area (Å²) in [5, 5.41) is 4.47. The molecule has 2 aromatic carbocycles. The van der Waals surface area contributed by atoms with E-state index >= 15 is 0 Å². The molecule has 1 nitrogen and oxygen atoms in total. The molecule has 1 N–H and O–H groups in total. The topological polar surface area (TPSA) is 12.0 Å². The zero-order valence-corrected chi connectivity index (χ0v) is 12.9. The van der Waals surface area contributed by atoms with Crippen molar-refractivity contribution in [2.45, 2.75) is 19.4 Å². The maximum Gasteiger partial charge on any atom is 0.126 e. The van der Waals surface area contributed by atoms with E-state index < -0.39 is 0 Å². The van der Waals surface area contributed by atoms with E-state index in [1.54, 1.807) is 12.1 Å². The van der Waals surface area contributed by atoms with E-state index in [1.807, 2.05) is 32.2 Å². The third-order valence-corrected chi connectivity index (χ3v) is 4.11. The minimum atomic E-state index is -0.241. The van der Waals surface area contributed by atoms with E-state index in [9.17, 15) is 4.39 Å². The molecule has 0 fully saturated rings. The zero-order chi connectivity index (χ0) is 14.7. The first-order chi connectivity index (χ1) is 9.52. The van der Waals surface area contributed by atoms with Gasteiger partial charge in [0.25, 0.3) is 0 Å². The number of likely N-dealkylation sites (N-methyl/N-ethyl adjacent to an activating group) is 1. The van der Waals surface area contributed by atoms with Gasteiger partial charge in [-0.25, -0.2) is 4.39 Å². The number of rotatable bonds is 4. The van der Waals surface area contributed by atoms with Gasteiger partial charge in [0.2, 0.25) is 0 Å². The van der Waals surface area contributed by atoms with Crippen molar-refractivity contribution < 1.29 is 4.39 Å². The number of halogens is 3. The molecule has 0 aromatic heterocycles. The van der Waals surface area contributed by atoms with Crippen molar-refractivity contribution >= 4 is 23.2 Å². The SMILES string of the molecule is CNC(Cc1cc(Cl)ccc1F)c1cccc(Cl)c1C. The molecule has 0 radical (unpaired) electrons. The van der Waals surface area contributed by atoms with Crippen LogP contribution in [-0.4, -0.2) is 7.05 Å². The van der Waals surface area contributed by atoms with Gasteiger partial charge in [-0.1, -0.05) is 35.3 Å². The number of hydrogen-bond acceptors (Lipinski definition) is 1. The van der Waals surface area contributed by atoms with Gasteiger partial charge >= 0.3 is 0 Å². The monoisotopic (exact) mass is 311 g/mol. The molecule has 0 heterocycles. The van der Waals surface area contributed by atoms with Crippen LogP contribution in [-0.2, 0) is 6.42 Å². The van der Waals surface area contributed by atoms with Crippen LogP contribution in [0, 0.1) is 12.7 Å². The lowest BCUT2D eigenvalue weighted by Gasteiger charge is -2.20. The fourth-order valence-corrected chi connectivity index (χ4v) is 2.67. The Bertz CT molecular complexity index is 613. The van der Waals surface area contributed by atoms with Crippen molar-refractivity contribution in [1.29, 1.82) is 0 Å². The number of hydrogen-bond donors (Lipinski definition) is 1. The van der Waals surface area contributed by atoms with E-state index in [2.05, 4.69) is 5.32 Å². The highest BCUT2D eigenvalue weighted by Gasteiger charge is 2.16. The van der Waals surface area contributed by atoms with E-state index in [-0.39, 0.29) is 11.9 Å². The molecule has 20 heavy (non-hydrogen) atoms. The molecule has 0 spiro atoms. The lowest BCUT2D eigenvalue weighted by atomic mass is 9.95. The third kappa shape index (κ3) is 3.32. The summed E-state index contributed by atoms with van der Waals surface area (Å²) in [6.45, 7) is 1.97. The Hall–Kier alpha value is -1.09. The predicted molar refractivity (Wildman–Crippen MR) is 83.1 cm³/mol. The maximum absolute atomic E-state index is 13.8. The van der Waals surface area contributed by atoms with Crippen LogP contribution >= 0.6 is 23.2 Å². The Labute approximate surface area is 128 Å². The smallest absolute Gasteiger partial charge is 0.126 e. The van der Waals surface area contributed by atoms with E-state index in [0.717, 1.165) is 11.1 Å². The van der Waals surface area contributed by atoms with Crippen LogP contribution in [0.15, 0.2) is 36.4 Å². The lowest BCUT2D eigenvalue weighted by Crippen LogP contribution is -2.20. The van der Waals surface area contributed by atoms with Gasteiger partial charge in [0.1, 0.15) is 5.82 Å². The van der Waals surface area contributed by atoms with Crippen molar-refractivity contribution in [2.24, 2.45) is 0 Å². The van der Waals surface area contributed by atoms with Gasteiger partial charge in [-0.3, -0.25) is 0 Å². The Morgan fingerprint density at radius 2 is 1.95 bits per heavy atom. The highest BCUT2D eigenvalue weighted by atomic mass is 35.5. The first-order valence-electron chi connectivity index (χ1n) is 6.39. The average molecular weight is 312 g/mol. The van der Waals surface area contributed by atoms with E-state index in [4.69, 9.17) is 23.2 Å². The lowest BCUT2D eigenvalue weighted by molar-refractivity contribution is 0.553. The minimum Gasteiger partial charge on any atom is -0.313 e. The second-order valence-corrected chi connectivity index (χ2v) is 5.58. The molecule has 1 unspecified atom stereocenters. The first-order valence-corrected chi connectivity index (χ1v) is 7.14. The fourth-order valence-electron chi connectivity index (χ4n) is 2.29. The highest BCUT2D eigenvalue weighted by molar-refractivity contribution is 6.31. The molecule has 2 rings (SSSR count). The van der Waals surface area contributed by atoms with Crippen LogP contribution in [0.25, 0.3) is 0 Å². The molecule has 0 aliphatic heterocycles. The van der Waals surface area contributed by atoms with Crippen LogP contribution in [0.4, 0.5) is 4.39 Å². The van der Waals surface area contributed by atoms with Gasteiger partial charge in [-0.2, -0.15) is 0 Å². The van der Waals surface area contributed by atoms with Crippen molar-refractivity contribution in [3.8, 4) is 0 Å². The number of nitrogens with one attached hydrogen (secondary N) is 1. The zero-order valence-electron chi connectivity index (χ0n) is 11.4. The minimum absolute atomic E-state index is 0.0123. The van der Waals surface area contributed by atoms with Gasteiger partial charge in [0, 0.05) is 16.1 Å². The van der Waals surface area contributed by atoms with Crippen LogP contribution in [0.1, 0.15) is 22.7 Å². The Morgan fingerprint density at radius 1 is 1.20 bits per heavy atom. The summed E-state index contributed by atoms with van der Waals surface area (Å²) in [5.74, 6) is -0.241. The molecule has 0 amide bonds. The molecular weight excluding hydrogens is 296 g/mol. The number of benzene rings is 2. The summed E-state index contributed by atoms with van der Waals surface area (Å²) in [7, 11) is 1.85. The molecule has 0 bridgehead atoms. The summed E-state index contributed by atoms with van der Waals surface area (Å²) in [6.07, 6.45) is 0.518. The van der Waals surface area contributed by atoms with E-state index in [0.29, 0.717) is 22.0 Å². The van der Waals surface area contributed by atoms with Gasteiger partial charge in [0.05, 0.1) is 0 Å². The van der Waals surface area contributed by atoms with Crippen molar-refractivity contribution in [3.05, 3.63) is 69.0 Å². The van der Waals surface area contributed by atoms with Gasteiger partial charge in [0.15, 0.2) is 0 Å². The Kier molecular flexibility index (Phi) is 5.03. The van der Waals surface area contributed by atoms with Crippen LogP contribution in [0.5, 0.6) is 0 Å². The van der Waals surface area contributed by atoms with Crippen LogP contribution in [0.2, 0.25) is 10.0 Å². The third-order valence-electron chi connectivity index (χ3n) is 3.47. The molecule has 0 aliphatic rings. The van der Waals surface area contributed by atoms with Gasteiger partial charge < -0.3 is 5.32 Å². The van der Waals surface area contributed by atoms with Crippen LogP contribution in [0.3, 0.4) is 0 Å². The predicted octanol–water partition coefficient (Wildman–Crippen LogP) is 4.94. The Morgan fingerprint density at radius 3 is 2.65 bits per heavy atom. The standard InChI is InChI=1S/C16H16Cl2FN/c1-10-13(4-3-5-14(10)18)16(20-2)9-11-8-12(17)6-7-15(11)19/h3-8,16,20H,9H2,1-2H3. The maximum atomic E-state index is 13.8. The largest absolute Gasteiger partial charge is 0.313 e. The summed E-state index contributed by atoms with van der Waals surface area (Å²) in [4.78, 5) is 0. The Balaban J connectivity index is 2.34. The first kappa shape index (κ1) is 15.3. The quantitative estimate of drug-likeness (QED) is 0.843. The summed E-state index contributed by atoms with van der Waals surface area (Å²) < 4.78 is 13.8. The molecule has 0 saturated heterocycles. The van der Waals surface area contributed by atoms with E-state index in [1.165, 1.54) is 6.07 Å². The second-order valence-electron chi connectivity index (χ2n) is 4.74. The van der Waals surface area contributed by atoms with Crippen molar-refractivity contribution in [1.82, 2.24) is 5.32 Å². The molecule has 1 atom stereocenters. The molecule has 0 saturated carbocycles.